The van der Waals surface area contributed by atoms with E-state index in [1.165, 1.54) is 12.1 Å². The van der Waals surface area contributed by atoms with Gasteiger partial charge in [-0.15, -0.1) is 0 Å². The fourth-order valence-electron chi connectivity index (χ4n) is 4.20. The Morgan fingerprint density at radius 3 is 2.66 bits per heavy atom. The van der Waals surface area contributed by atoms with Crippen LogP contribution in [0.25, 0.3) is 5.69 Å². The van der Waals surface area contributed by atoms with Crippen molar-refractivity contribution in [1.29, 1.82) is 0 Å². The van der Waals surface area contributed by atoms with Crippen molar-refractivity contribution in [3.8, 4) is 5.69 Å². The standard InChI is InChI=1S/C23H24FN3O2/c24-16-8-10-18(11-9-16)27-21-7-3-1-2-6-20(21)22(25-27)23(28)26(17-12-13-17)15-19-5-4-14-29-19/h4-5,8-11,14,17H,1-3,6-7,12-13,15H2. The minimum absolute atomic E-state index is 0.0251. The first-order valence-electron chi connectivity index (χ1n) is 10.4. The smallest absolute Gasteiger partial charge is 0.275 e. The van der Waals surface area contributed by atoms with Gasteiger partial charge >= 0.3 is 0 Å². The van der Waals surface area contributed by atoms with Crippen LogP contribution in [0.1, 0.15) is 59.6 Å². The second-order valence-electron chi connectivity index (χ2n) is 7.97. The van der Waals surface area contributed by atoms with Crippen molar-refractivity contribution in [1.82, 2.24) is 14.7 Å². The van der Waals surface area contributed by atoms with Crippen molar-refractivity contribution >= 4 is 5.91 Å². The molecule has 1 saturated carbocycles. The maximum atomic E-state index is 13.6. The number of nitrogens with zero attached hydrogens (tertiary/aromatic N) is 3. The fraction of sp³-hybridized carbons (Fsp3) is 0.391. The van der Waals surface area contributed by atoms with Crippen LogP contribution in [0.5, 0.6) is 0 Å². The number of hydrogen-bond donors (Lipinski definition) is 0. The largest absolute Gasteiger partial charge is 0.467 e. The molecule has 0 saturated heterocycles. The zero-order valence-electron chi connectivity index (χ0n) is 16.3. The molecule has 0 aliphatic heterocycles. The Labute approximate surface area is 169 Å². The van der Waals surface area contributed by atoms with Gasteiger partial charge in [0, 0.05) is 17.3 Å². The lowest BCUT2D eigenvalue weighted by Crippen LogP contribution is -2.33. The molecule has 0 spiro atoms. The van der Waals surface area contributed by atoms with E-state index in [1.54, 1.807) is 18.4 Å². The molecule has 0 N–H and O–H groups in total. The molecule has 150 valence electrons. The maximum Gasteiger partial charge on any atom is 0.275 e. The normalized spacial score (nSPS) is 16.3. The lowest BCUT2D eigenvalue weighted by Gasteiger charge is -2.20. The Morgan fingerprint density at radius 2 is 1.93 bits per heavy atom. The molecule has 5 rings (SSSR count). The van der Waals surface area contributed by atoms with Gasteiger partial charge < -0.3 is 9.32 Å². The number of carbonyl (C=O) groups excluding carboxylic acids is 1. The van der Waals surface area contributed by atoms with E-state index in [2.05, 4.69) is 0 Å². The molecule has 0 radical (unpaired) electrons. The molecule has 29 heavy (non-hydrogen) atoms. The van der Waals surface area contributed by atoms with E-state index in [4.69, 9.17) is 9.52 Å². The van der Waals surface area contributed by atoms with Gasteiger partial charge in [-0.3, -0.25) is 4.79 Å². The number of furan rings is 1. The second kappa shape index (κ2) is 7.50. The lowest BCUT2D eigenvalue weighted by atomic mass is 10.1. The van der Waals surface area contributed by atoms with Crippen LogP contribution in [0.2, 0.25) is 0 Å². The topological polar surface area (TPSA) is 51.3 Å². The molecule has 1 fully saturated rings. The average Bonchev–Trinajstić information content (AvgIpc) is 3.40. The average molecular weight is 393 g/mol. The Balaban J connectivity index is 1.54. The summed E-state index contributed by atoms with van der Waals surface area (Å²) in [5.74, 6) is 0.485. The summed E-state index contributed by atoms with van der Waals surface area (Å²) in [5.41, 5.74) is 3.49. The van der Waals surface area contributed by atoms with Crippen LogP contribution < -0.4 is 0 Å². The highest BCUT2D eigenvalue weighted by molar-refractivity contribution is 5.94. The van der Waals surface area contributed by atoms with Crippen LogP contribution in [-0.4, -0.2) is 26.6 Å². The summed E-state index contributed by atoms with van der Waals surface area (Å²) in [4.78, 5) is 15.5. The first-order chi connectivity index (χ1) is 14.2. The molecule has 1 aromatic carbocycles. The first kappa shape index (κ1) is 18.2. The van der Waals surface area contributed by atoms with Crippen LogP contribution in [0.4, 0.5) is 4.39 Å². The molecule has 2 aliphatic carbocycles. The van der Waals surface area contributed by atoms with Crippen molar-refractivity contribution in [2.45, 2.75) is 57.5 Å². The van der Waals surface area contributed by atoms with E-state index in [9.17, 15) is 9.18 Å². The molecular weight excluding hydrogens is 369 g/mol. The van der Waals surface area contributed by atoms with Gasteiger partial charge in [-0.05, 0) is 74.9 Å². The Bertz CT molecular complexity index is 1000. The van der Waals surface area contributed by atoms with E-state index in [-0.39, 0.29) is 17.8 Å². The zero-order valence-corrected chi connectivity index (χ0v) is 16.3. The third-order valence-corrected chi connectivity index (χ3v) is 5.86. The van der Waals surface area contributed by atoms with Crippen molar-refractivity contribution < 1.29 is 13.6 Å². The fourth-order valence-corrected chi connectivity index (χ4v) is 4.20. The number of fused-ring (bicyclic) bond motifs is 1. The number of carbonyl (C=O) groups is 1. The lowest BCUT2D eigenvalue weighted by molar-refractivity contribution is 0.0710. The first-order valence-corrected chi connectivity index (χ1v) is 10.4. The van der Waals surface area contributed by atoms with Crippen LogP contribution >= 0.6 is 0 Å². The van der Waals surface area contributed by atoms with Gasteiger partial charge in [0.25, 0.3) is 5.91 Å². The van der Waals surface area contributed by atoms with Gasteiger partial charge in [0.15, 0.2) is 5.69 Å². The molecule has 6 heteroatoms. The molecule has 1 amide bonds. The van der Waals surface area contributed by atoms with Crippen molar-refractivity contribution in [2.24, 2.45) is 0 Å². The minimum Gasteiger partial charge on any atom is -0.467 e. The molecule has 0 bridgehead atoms. The monoisotopic (exact) mass is 393 g/mol. The summed E-state index contributed by atoms with van der Waals surface area (Å²) in [6.07, 6.45) is 8.70. The highest BCUT2D eigenvalue weighted by Gasteiger charge is 2.36. The number of amides is 1. The van der Waals surface area contributed by atoms with E-state index in [0.717, 1.165) is 67.7 Å². The molecule has 2 aromatic heterocycles. The van der Waals surface area contributed by atoms with Gasteiger partial charge in [0.05, 0.1) is 18.5 Å². The maximum absolute atomic E-state index is 13.6. The van der Waals surface area contributed by atoms with E-state index < -0.39 is 0 Å². The van der Waals surface area contributed by atoms with E-state index >= 15 is 0 Å². The Kier molecular flexibility index (Phi) is 4.70. The van der Waals surface area contributed by atoms with Crippen molar-refractivity contribution in [2.75, 3.05) is 0 Å². The Hall–Kier alpha value is -2.89. The van der Waals surface area contributed by atoms with Gasteiger partial charge in [-0.2, -0.15) is 5.10 Å². The van der Waals surface area contributed by atoms with Gasteiger partial charge in [0.1, 0.15) is 11.6 Å². The number of halogens is 1. The zero-order chi connectivity index (χ0) is 19.8. The summed E-state index contributed by atoms with van der Waals surface area (Å²) >= 11 is 0. The van der Waals surface area contributed by atoms with Crippen molar-refractivity contribution in [3.05, 3.63) is 71.2 Å². The summed E-state index contributed by atoms with van der Waals surface area (Å²) in [6.45, 7) is 0.467. The van der Waals surface area contributed by atoms with E-state index in [0.29, 0.717) is 12.2 Å². The predicted octanol–water partition coefficient (Wildman–Crippen LogP) is 4.68. The van der Waals surface area contributed by atoms with Crippen molar-refractivity contribution in [3.63, 3.8) is 0 Å². The van der Waals surface area contributed by atoms with Gasteiger partial charge in [-0.25, -0.2) is 9.07 Å². The molecule has 5 nitrogen and oxygen atoms in total. The van der Waals surface area contributed by atoms with E-state index in [1.807, 2.05) is 21.7 Å². The highest BCUT2D eigenvalue weighted by atomic mass is 19.1. The van der Waals surface area contributed by atoms with Crippen LogP contribution in [-0.2, 0) is 19.4 Å². The molecule has 0 unspecified atom stereocenters. The highest BCUT2D eigenvalue weighted by Crippen LogP contribution is 2.33. The third kappa shape index (κ3) is 3.59. The summed E-state index contributed by atoms with van der Waals surface area (Å²) in [5, 5.41) is 4.77. The molecule has 0 atom stereocenters. The third-order valence-electron chi connectivity index (χ3n) is 5.86. The minimum atomic E-state index is -0.276. The van der Waals surface area contributed by atoms with Crippen LogP contribution in [0.15, 0.2) is 47.1 Å². The number of aromatic nitrogens is 2. The summed E-state index contributed by atoms with van der Waals surface area (Å²) in [6, 6.07) is 10.3. The quantitative estimate of drug-likeness (QED) is 0.592. The SMILES string of the molecule is O=C(c1nn(-c2ccc(F)cc2)c2c1CCCCC2)N(Cc1ccco1)C1CC1. The van der Waals surface area contributed by atoms with Crippen LogP contribution in [0.3, 0.4) is 0 Å². The Morgan fingerprint density at radius 1 is 1.14 bits per heavy atom. The van der Waals surface area contributed by atoms with Crippen LogP contribution in [0, 0.1) is 5.82 Å². The predicted molar refractivity (Wildman–Crippen MR) is 106 cm³/mol. The summed E-state index contributed by atoms with van der Waals surface area (Å²) in [7, 11) is 0. The number of rotatable bonds is 5. The van der Waals surface area contributed by atoms with Gasteiger partial charge in [0.2, 0.25) is 0 Å². The number of benzene rings is 1. The number of hydrogen-bond acceptors (Lipinski definition) is 3. The molecular formula is C23H24FN3O2. The van der Waals surface area contributed by atoms with Gasteiger partial charge in [-0.1, -0.05) is 6.42 Å². The summed E-state index contributed by atoms with van der Waals surface area (Å²) < 4.78 is 20.8. The molecule has 2 heterocycles. The molecule has 3 aromatic rings. The second-order valence-corrected chi connectivity index (χ2v) is 7.97. The molecule has 2 aliphatic rings.